The van der Waals surface area contributed by atoms with Crippen LogP contribution in [0.5, 0.6) is 0 Å². The van der Waals surface area contributed by atoms with E-state index < -0.39 is 0 Å². The van der Waals surface area contributed by atoms with Crippen LogP contribution in [-0.2, 0) is 6.54 Å². The summed E-state index contributed by atoms with van der Waals surface area (Å²) in [6.07, 6.45) is 1.59. The summed E-state index contributed by atoms with van der Waals surface area (Å²) in [4.78, 5) is 4.11. The summed E-state index contributed by atoms with van der Waals surface area (Å²) >= 11 is 5.93. The van der Waals surface area contributed by atoms with E-state index in [1.807, 2.05) is 6.92 Å². The Morgan fingerprint density at radius 1 is 1.47 bits per heavy atom. The zero-order chi connectivity index (χ0) is 12.3. The molecular weight excluding hydrogens is 243 g/mol. The number of benzene rings is 1. The van der Waals surface area contributed by atoms with Crippen molar-refractivity contribution in [2.45, 2.75) is 13.5 Å². The molecule has 3 nitrogen and oxygen atoms in total. The zero-order valence-electron chi connectivity index (χ0n) is 9.34. The Morgan fingerprint density at radius 3 is 3.00 bits per heavy atom. The van der Waals surface area contributed by atoms with E-state index in [1.54, 1.807) is 12.3 Å². The summed E-state index contributed by atoms with van der Waals surface area (Å²) in [6, 6.07) is 4.17. The van der Waals surface area contributed by atoms with E-state index in [4.69, 9.17) is 16.0 Å². The summed E-state index contributed by atoms with van der Waals surface area (Å²) in [5.41, 5.74) is 0.642. The van der Waals surface area contributed by atoms with Crippen molar-refractivity contribution in [3.05, 3.63) is 41.1 Å². The molecule has 90 valence electrons. The van der Waals surface area contributed by atoms with Gasteiger partial charge in [0.15, 0.2) is 5.76 Å². The molecule has 1 aromatic heterocycles. The molecule has 0 atom stereocenters. The molecule has 2 aromatic rings. The van der Waals surface area contributed by atoms with Gasteiger partial charge in [0.25, 0.3) is 0 Å². The smallest absolute Gasteiger partial charge is 0.208 e. The first-order valence-corrected chi connectivity index (χ1v) is 5.69. The van der Waals surface area contributed by atoms with Gasteiger partial charge in [0.1, 0.15) is 5.82 Å². The van der Waals surface area contributed by atoms with Crippen molar-refractivity contribution >= 4 is 11.6 Å². The molecule has 0 aliphatic rings. The van der Waals surface area contributed by atoms with Crippen LogP contribution < -0.4 is 5.32 Å². The summed E-state index contributed by atoms with van der Waals surface area (Å²) in [5.74, 6) is 0.760. The Morgan fingerprint density at radius 2 is 2.29 bits per heavy atom. The second-order valence-electron chi connectivity index (χ2n) is 3.52. The predicted molar refractivity (Wildman–Crippen MR) is 64.3 cm³/mol. The quantitative estimate of drug-likeness (QED) is 0.910. The second-order valence-corrected chi connectivity index (χ2v) is 3.93. The van der Waals surface area contributed by atoms with E-state index in [0.29, 0.717) is 28.8 Å². The summed E-state index contributed by atoms with van der Waals surface area (Å²) in [5, 5.41) is 3.42. The SMILES string of the molecule is CCNCc1ncc(-c2ccc(F)cc2Cl)o1. The lowest BCUT2D eigenvalue weighted by Gasteiger charge is -2.00. The Bertz CT molecular complexity index is 513. The van der Waals surface area contributed by atoms with Crippen LogP contribution in [0.25, 0.3) is 11.3 Å². The molecule has 1 heterocycles. The molecule has 2 rings (SSSR count). The lowest BCUT2D eigenvalue weighted by atomic mass is 10.2. The van der Waals surface area contributed by atoms with E-state index in [1.165, 1.54) is 12.1 Å². The van der Waals surface area contributed by atoms with Gasteiger partial charge in [0, 0.05) is 5.56 Å². The third kappa shape index (κ3) is 2.84. The standard InChI is InChI=1S/C12H12ClFN2O/c1-2-15-7-12-16-6-11(17-12)9-4-3-8(14)5-10(9)13/h3-6,15H,2,7H2,1H3. The Kier molecular flexibility index (Phi) is 3.76. The number of rotatable bonds is 4. The molecule has 0 unspecified atom stereocenters. The molecule has 0 spiro atoms. The average molecular weight is 255 g/mol. The first-order chi connectivity index (χ1) is 8.20. The van der Waals surface area contributed by atoms with E-state index >= 15 is 0 Å². The number of aromatic nitrogens is 1. The fraction of sp³-hybridized carbons (Fsp3) is 0.250. The molecule has 0 aliphatic heterocycles. The minimum absolute atomic E-state index is 0.316. The zero-order valence-corrected chi connectivity index (χ0v) is 10.1. The van der Waals surface area contributed by atoms with Gasteiger partial charge in [-0.1, -0.05) is 18.5 Å². The van der Waals surface area contributed by atoms with E-state index in [2.05, 4.69) is 10.3 Å². The maximum Gasteiger partial charge on any atom is 0.208 e. The molecule has 0 amide bonds. The monoisotopic (exact) mass is 254 g/mol. The highest BCUT2D eigenvalue weighted by molar-refractivity contribution is 6.33. The summed E-state index contributed by atoms with van der Waals surface area (Å²) in [6.45, 7) is 3.41. The van der Waals surface area contributed by atoms with Crippen molar-refractivity contribution in [2.24, 2.45) is 0 Å². The van der Waals surface area contributed by atoms with Crippen LogP contribution >= 0.6 is 11.6 Å². The molecule has 0 bridgehead atoms. The van der Waals surface area contributed by atoms with Crippen LogP contribution in [0.15, 0.2) is 28.8 Å². The second kappa shape index (κ2) is 5.29. The van der Waals surface area contributed by atoms with Gasteiger partial charge in [-0.25, -0.2) is 9.37 Å². The largest absolute Gasteiger partial charge is 0.439 e. The average Bonchev–Trinajstić information content (AvgIpc) is 2.75. The molecular formula is C12H12ClFN2O. The molecule has 0 fully saturated rings. The van der Waals surface area contributed by atoms with Crippen molar-refractivity contribution in [1.82, 2.24) is 10.3 Å². The van der Waals surface area contributed by atoms with E-state index in [0.717, 1.165) is 6.54 Å². The molecule has 0 saturated heterocycles. The Hall–Kier alpha value is -1.39. The third-order valence-corrected chi connectivity index (χ3v) is 2.59. The number of hydrogen-bond acceptors (Lipinski definition) is 3. The van der Waals surface area contributed by atoms with Crippen LogP contribution in [0.1, 0.15) is 12.8 Å². The first-order valence-electron chi connectivity index (χ1n) is 5.31. The first kappa shape index (κ1) is 12.1. The molecule has 0 aliphatic carbocycles. The van der Waals surface area contributed by atoms with Crippen LogP contribution in [0, 0.1) is 5.82 Å². The Balaban J connectivity index is 2.24. The highest BCUT2D eigenvalue weighted by atomic mass is 35.5. The van der Waals surface area contributed by atoms with Crippen molar-refractivity contribution < 1.29 is 8.81 Å². The lowest BCUT2D eigenvalue weighted by Crippen LogP contribution is -2.11. The fourth-order valence-corrected chi connectivity index (χ4v) is 1.70. The van der Waals surface area contributed by atoms with E-state index in [-0.39, 0.29) is 5.82 Å². The summed E-state index contributed by atoms with van der Waals surface area (Å²) < 4.78 is 18.4. The maximum absolute atomic E-state index is 12.9. The number of hydrogen-bond donors (Lipinski definition) is 1. The summed E-state index contributed by atoms with van der Waals surface area (Å²) in [7, 11) is 0. The van der Waals surface area contributed by atoms with Gasteiger partial charge in [0.2, 0.25) is 5.89 Å². The minimum atomic E-state index is -0.369. The molecule has 1 N–H and O–H groups in total. The minimum Gasteiger partial charge on any atom is -0.439 e. The molecule has 0 saturated carbocycles. The van der Waals surface area contributed by atoms with Gasteiger partial charge in [-0.05, 0) is 24.7 Å². The Labute approximate surface area is 104 Å². The molecule has 17 heavy (non-hydrogen) atoms. The van der Waals surface area contributed by atoms with Crippen molar-refractivity contribution in [2.75, 3.05) is 6.54 Å². The number of nitrogens with zero attached hydrogens (tertiary/aromatic N) is 1. The number of nitrogens with one attached hydrogen (secondary N) is 1. The molecule has 0 radical (unpaired) electrons. The maximum atomic E-state index is 12.9. The van der Waals surface area contributed by atoms with Crippen LogP contribution in [0.3, 0.4) is 0 Å². The van der Waals surface area contributed by atoms with Gasteiger partial charge in [-0.2, -0.15) is 0 Å². The van der Waals surface area contributed by atoms with Crippen LogP contribution in [0.2, 0.25) is 5.02 Å². The lowest BCUT2D eigenvalue weighted by molar-refractivity contribution is 0.482. The predicted octanol–water partition coefficient (Wildman–Crippen LogP) is 3.24. The number of oxazole rings is 1. The highest BCUT2D eigenvalue weighted by Crippen LogP contribution is 2.28. The fourth-order valence-electron chi connectivity index (χ4n) is 1.44. The number of halogens is 2. The van der Waals surface area contributed by atoms with Crippen LogP contribution in [-0.4, -0.2) is 11.5 Å². The van der Waals surface area contributed by atoms with E-state index in [9.17, 15) is 4.39 Å². The highest BCUT2D eigenvalue weighted by Gasteiger charge is 2.10. The normalized spacial score (nSPS) is 10.8. The van der Waals surface area contributed by atoms with Crippen molar-refractivity contribution in [3.63, 3.8) is 0 Å². The van der Waals surface area contributed by atoms with Gasteiger partial charge in [-0.15, -0.1) is 0 Å². The van der Waals surface area contributed by atoms with Crippen molar-refractivity contribution in [3.8, 4) is 11.3 Å². The molecule has 5 heteroatoms. The van der Waals surface area contributed by atoms with Gasteiger partial charge in [0.05, 0.1) is 17.8 Å². The van der Waals surface area contributed by atoms with Crippen LogP contribution in [0.4, 0.5) is 4.39 Å². The van der Waals surface area contributed by atoms with Gasteiger partial charge in [-0.3, -0.25) is 0 Å². The topological polar surface area (TPSA) is 38.1 Å². The van der Waals surface area contributed by atoms with Crippen molar-refractivity contribution in [1.29, 1.82) is 0 Å². The van der Waals surface area contributed by atoms with Gasteiger partial charge >= 0.3 is 0 Å². The third-order valence-electron chi connectivity index (χ3n) is 2.28. The van der Waals surface area contributed by atoms with Gasteiger partial charge < -0.3 is 9.73 Å². The molecule has 1 aromatic carbocycles.